The SMILES string of the molecule is OCC1O[C@H](O)C(O)[C@@H](O)[C@@H]1O.[Ac].[Ac].[Ac].[Ac].[Ac]. The fourth-order valence-corrected chi connectivity index (χ4v) is 1.08. The first-order valence-corrected chi connectivity index (χ1v) is 3.56. The van der Waals surface area contributed by atoms with E-state index in [9.17, 15) is 0 Å². The van der Waals surface area contributed by atoms with Gasteiger partial charge in [0.15, 0.2) is 6.29 Å². The van der Waals surface area contributed by atoms with Crippen molar-refractivity contribution in [1.29, 1.82) is 0 Å². The van der Waals surface area contributed by atoms with Crippen LogP contribution in [0.4, 0.5) is 0 Å². The third kappa shape index (κ3) is 12.0. The molecule has 0 bridgehead atoms. The summed E-state index contributed by atoms with van der Waals surface area (Å²) in [5.74, 6) is 0. The zero-order valence-corrected chi connectivity index (χ0v) is 32.9. The summed E-state index contributed by atoms with van der Waals surface area (Å²) in [6.45, 7) is -0.526. The zero-order valence-electron chi connectivity index (χ0n) is 9.12. The van der Waals surface area contributed by atoms with E-state index in [1.54, 1.807) is 0 Å². The molecule has 0 spiro atoms. The number of hydrogen-bond donors (Lipinski definition) is 5. The maximum Gasteiger partial charge on any atom is 0.184 e. The summed E-state index contributed by atoms with van der Waals surface area (Å²) in [5.41, 5.74) is 0. The van der Waals surface area contributed by atoms with Gasteiger partial charge >= 0.3 is 0 Å². The molecule has 5 atom stereocenters. The van der Waals surface area contributed by atoms with Crippen LogP contribution in [0.15, 0.2) is 0 Å². The Kier molecular flexibility index (Phi) is 39.9. The number of aliphatic hydroxyl groups excluding tert-OH is 5. The average Bonchev–Trinajstić information content (AvgIpc) is 2.08. The minimum atomic E-state index is -1.57. The molecule has 0 aromatic heterocycles. The van der Waals surface area contributed by atoms with E-state index in [2.05, 4.69) is 4.74 Å². The van der Waals surface area contributed by atoms with Crippen LogP contribution in [-0.4, -0.2) is 62.8 Å². The Morgan fingerprint density at radius 2 is 1.12 bits per heavy atom. The second-order valence-corrected chi connectivity index (χ2v) is 2.72. The van der Waals surface area contributed by atoms with Gasteiger partial charge in [-0.3, -0.25) is 0 Å². The molecular formula is C6H12Ac5O6. The first kappa shape index (κ1) is 35.1. The first-order valence-electron chi connectivity index (χ1n) is 3.56. The van der Waals surface area contributed by atoms with Gasteiger partial charge in [0.25, 0.3) is 0 Å². The minimum Gasteiger partial charge on any atom is -0.394 e. The van der Waals surface area contributed by atoms with Gasteiger partial charge in [-0.1, -0.05) is 0 Å². The molecule has 1 fully saturated rings. The van der Waals surface area contributed by atoms with Crippen molar-refractivity contribution in [3.8, 4) is 0 Å². The first-order chi connectivity index (χ1) is 5.57. The number of hydrogen-bond acceptors (Lipinski definition) is 6. The van der Waals surface area contributed by atoms with Gasteiger partial charge in [-0.05, 0) is 0 Å². The normalized spacial score (nSPS) is 34.8. The summed E-state index contributed by atoms with van der Waals surface area (Å²) in [6.07, 6.45) is -7.04. The fourth-order valence-electron chi connectivity index (χ4n) is 1.08. The van der Waals surface area contributed by atoms with Crippen LogP contribution in [0.5, 0.6) is 0 Å². The Morgan fingerprint density at radius 3 is 1.47 bits per heavy atom. The molecule has 0 amide bonds. The van der Waals surface area contributed by atoms with Gasteiger partial charge in [0.1, 0.15) is 24.4 Å². The summed E-state index contributed by atoms with van der Waals surface area (Å²) in [6, 6.07) is 0. The Labute approximate surface area is 279 Å². The van der Waals surface area contributed by atoms with Crippen LogP contribution in [0.3, 0.4) is 0 Å². The quantitative estimate of drug-likeness (QED) is 0.190. The van der Waals surface area contributed by atoms with Crippen LogP contribution in [0, 0.1) is 220 Å². The maximum absolute atomic E-state index is 9.12. The van der Waals surface area contributed by atoms with Gasteiger partial charge in [-0.25, -0.2) is 0 Å². The van der Waals surface area contributed by atoms with E-state index in [-0.39, 0.29) is 220 Å². The van der Waals surface area contributed by atoms with Crippen LogP contribution >= 0.6 is 0 Å². The van der Waals surface area contributed by atoms with Crippen LogP contribution in [-0.2, 0) is 4.74 Å². The van der Waals surface area contributed by atoms with Crippen molar-refractivity contribution in [3.63, 3.8) is 0 Å². The van der Waals surface area contributed by atoms with Crippen molar-refractivity contribution in [1.82, 2.24) is 0 Å². The summed E-state index contributed by atoms with van der Waals surface area (Å²) < 4.78 is 4.58. The van der Waals surface area contributed by atoms with Gasteiger partial charge in [0, 0.05) is 220 Å². The molecule has 17 heavy (non-hydrogen) atoms. The molecule has 87 valence electrons. The van der Waals surface area contributed by atoms with Crippen molar-refractivity contribution in [3.05, 3.63) is 0 Å². The zero-order chi connectivity index (χ0) is 9.30. The Bertz CT molecular complexity index is 161. The van der Waals surface area contributed by atoms with E-state index in [1.807, 2.05) is 0 Å². The third-order valence-electron chi connectivity index (χ3n) is 1.87. The van der Waals surface area contributed by atoms with Crippen LogP contribution < -0.4 is 0 Å². The van der Waals surface area contributed by atoms with Gasteiger partial charge in [0.2, 0.25) is 0 Å². The van der Waals surface area contributed by atoms with Gasteiger partial charge in [-0.15, -0.1) is 0 Å². The molecule has 11 heteroatoms. The molecule has 1 aliphatic heterocycles. The number of rotatable bonds is 1. The van der Waals surface area contributed by atoms with Crippen LogP contribution in [0.1, 0.15) is 0 Å². The molecule has 1 heterocycles. The van der Waals surface area contributed by atoms with Crippen LogP contribution in [0.2, 0.25) is 0 Å². The Hall–Kier alpha value is 6.97. The second-order valence-electron chi connectivity index (χ2n) is 2.72. The molecule has 5 radical (unpaired) electrons. The van der Waals surface area contributed by atoms with E-state index < -0.39 is 37.3 Å². The maximum atomic E-state index is 9.12. The van der Waals surface area contributed by atoms with E-state index in [4.69, 9.17) is 25.5 Å². The molecular weight excluding hydrogens is 1300 g/mol. The molecule has 1 saturated heterocycles. The molecule has 0 aromatic rings. The average molecular weight is 1320 g/mol. The van der Waals surface area contributed by atoms with Crippen molar-refractivity contribution in [2.24, 2.45) is 0 Å². The summed E-state index contributed by atoms with van der Waals surface area (Å²) >= 11 is 0. The van der Waals surface area contributed by atoms with Crippen molar-refractivity contribution < 1.29 is 251 Å². The molecule has 2 unspecified atom stereocenters. The summed E-state index contributed by atoms with van der Waals surface area (Å²) in [4.78, 5) is 0. The van der Waals surface area contributed by atoms with Gasteiger partial charge in [0.05, 0.1) is 6.61 Å². The molecule has 1 rings (SSSR count). The topological polar surface area (TPSA) is 110 Å². The predicted molar refractivity (Wildman–Crippen MR) is 36.0 cm³/mol. The van der Waals surface area contributed by atoms with E-state index >= 15 is 0 Å². The summed E-state index contributed by atoms with van der Waals surface area (Å²) in [7, 11) is 0. The Balaban J connectivity index is -0.0000000960. The number of aliphatic hydroxyl groups is 5. The molecule has 0 saturated carbocycles. The molecule has 0 aliphatic carbocycles. The minimum absolute atomic E-state index is 0. The van der Waals surface area contributed by atoms with Gasteiger partial charge < -0.3 is 30.3 Å². The van der Waals surface area contributed by atoms with E-state index in [0.717, 1.165) is 0 Å². The smallest absolute Gasteiger partial charge is 0.184 e. The molecule has 5 N–H and O–H groups in total. The summed E-state index contributed by atoms with van der Waals surface area (Å²) in [5, 5.41) is 44.7. The standard InChI is InChI=1S/C6H12O6.5Ac/c7-1-2-3(8)4(9)5(10)6(11)12-2;;;;;/h2-11H,1H2;;;;;/t2?,3-,4+,5?,6+;;;;;/m1...../s1. The largest absolute Gasteiger partial charge is 0.394 e. The fraction of sp³-hybridized carbons (Fsp3) is 1.00. The van der Waals surface area contributed by atoms with Gasteiger partial charge in [-0.2, -0.15) is 0 Å². The molecule has 1 aliphatic rings. The Morgan fingerprint density at radius 1 is 0.706 bits per heavy atom. The predicted octanol–water partition coefficient (Wildman–Crippen LogP) is -3.22. The van der Waals surface area contributed by atoms with E-state index in [1.165, 1.54) is 0 Å². The van der Waals surface area contributed by atoms with Crippen molar-refractivity contribution in [2.45, 2.75) is 30.7 Å². The van der Waals surface area contributed by atoms with Crippen molar-refractivity contribution >= 4 is 0 Å². The van der Waals surface area contributed by atoms with Crippen LogP contribution in [0.25, 0.3) is 0 Å². The third-order valence-corrected chi connectivity index (χ3v) is 1.87. The molecule has 6 nitrogen and oxygen atoms in total. The number of ether oxygens (including phenoxy) is 1. The molecule has 0 aromatic carbocycles. The van der Waals surface area contributed by atoms with Crippen molar-refractivity contribution in [2.75, 3.05) is 6.61 Å². The monoisotopic (exact) mass is 1320 g/mol. The van der Waals surface area contributed by atoms with E-state index in [0.29, 0.717) is 0 Å². The second kappa shape index (κ2) is 19.3.